The van der Waals surface area contributed by atoms with Crippen LogP contribution in [0.4, 0.5) is 0 Å². The van der Waals surface area contributed by atoms with Crippen molar-refractivity contribution in [3.63, 3.8) is 0 Å². The van der Waals surface area contributed by atoms with E-state index in [1.807, 2.05) is 0 Å². The minimum Gasteiger partial charge on any atom is -0.507 e. The third kappa shape index (κ3) is 2.62. The van der Waals surface area contributed by atoms with E-state index >= 15 is 0 Å². The lowest BCUT2D eigenvalue weighted by atomic mass is 10.4. The predicted molar refractivity (Wildman–Crippen MR) is 48.0 cm³/mol. The summed E-state index contributed by atoms with van der Waals surface area (Å²) in [5, 5.41) is 8.84. The maximum atomic E-state index is 10.9. The van der Waals surface area contributed by atoms with E-state index in [0.717, 1.165) is 23.9 Å². The van der Waals surface area contributed by atoms with Crippen LogP contribution in [0.25, 0.3) is 0 Å². The maximum Gasteiger partial charge on any atom is 0.332 e. The van der Waals surface area contributed by atoms with Gasteiger partial charge in [-0.15, -0.1) is 0 Å². The Morgan fingerprint density at radius 3 is 2.92 bits per heavy atom. The molecular weight excluding hydrogens is 192 g/mol. The summed E-state index contributed by atoms with van der Waals surface area (Å²) < 4.78 is 4.61. The van der Waals surface area contributed by atoms with E-state index in [1.165, 1.54) is 0 Å². The Morgan fingerprint density at radius 1 is 1.77 bits per heavy atom. The second kappa shape index (κ2) is 4.13. The van der Waals surface area contributed by atoms with Gasteiger partial charge in [0.05, 0.1) is 11.5 Å². The van der Waals surface area contributed by atoms with Gasteiger partial charge in [-0.3, -0.25) is 4.79 Å². The van der Waals surface area contributed by atoms with Crippen molar-refractivity contribution >= 4 is 22.8 Å². The molecule has 13 heavy (non-hydrogen) atoms. The Balaban J connectivity index is 2.68. The molecule has 0 spiro atoms. The summed E-state index contributed by atoms with van der Waals surface area (Å²) in [5.41, 5.74) is 0. The molecule has 0 saturated carbocycles. The monoisotopic (exact) mass is 200 g/mol. The zero-order chi connectivity index (χ0) is 9.84. The van der Waals surface area contributed by atoms with Gasteiger partial charge in [0, 0.05) is 12.2 Å². The van der Waals surface area contributed by atoms with Gasteiger partial charge in [0.15, 0.2) is 0 Å². The molecule has 0 aromatic carbocycles. The van der Waals surface area contributed by atoms with Crippen LogP contribution >= 0.6 is 11.8 Å². The lowest BCUT2D eigenvalue weighted by Crippen LogP contribution is -2.00. The standard InChI is InChI=1S/C8H8O4S/c1-2-12-7(10)4-6-5(9)3-8(11)13-6/h3-4,9H,2H2,1H3/b6-4-. The van der Waals surface area contributed by atoms with Crippen LogP contribution < -0.4 is 0 Å². The number of hydrogen-bond donors (Lipinski definition) is 1. The highest BCUT2D eigenvalue weighted by atomic mass is 32.2. The Hall–Kier alpha value is -1.23. The van der Waals surface area contributed by atoms with E-state index in [0.29, 0.717) is 0 Å². The van der Waals surface area contributed by atoms with Gasteiger partial charge in [0.1, 0.15) is 5.76 Å². The van der Waals surface area contributed by atoms with E-state index in [9.17, 15) is 9.59 Å². The van der Waals surface area contributed by atoms with Gasteiger partial charge in [-0.05, 0) is 18.7 Å². The number of aliphatic hydroxyl groups excluding tert-OH is 1. The van der Waals surface area contributed by atoms with Crippen LogP contribution in [0, 0.1) is 0 Å². The fraction of sp³-hybridized carbons (Fsp3) is 0.250. The lowest BCUT2D eigenvalue weighted by molar-refractivity contribution is -0.137. The number of carbonyl (C=O) groups is 2. The van der Waals surface area contributed by atoms with Crippen LogP contribution in [0.5, 0.6) is 0 Å². The van der Waals surface area contributed by atoms with Crippen molar-refractivity contribution < 1.29 is 19.4 Å². The number of ether oxygens (including phenoxy) is 1. The van der Waals surface area contributed by atoms with Gasteiger partial charge in [-0.25, -0.2) is 4.79 Å². The highest BCUT2D eigenvalue weighted by molar-refractivity contribution is 8.18. The van der Waals surface area contributed by atoms with Crippen LogP contribution in [0.1, 0.15) is 6.92 Å². The third-order valence-electron chi connectivity index (χ3n) is 1.25. The Morgan fingerprint density at radius 2 is 2.46 bits per heavy atom. The first-order valence-corrected chi connectivity index (χ1v) is 4.46. The average Bonchev–Trinajstić information content (AvgIpc) is 2.30. The Labute approximate surface area is 79.3 Å². The number of esters is 1. The SMILES string of the molecule is CCOC(=O)/C=C1\SC(=O)C=C1O. The van der Waals surface area contributed by atoms with Gasteiger partial charge in [0.2, 0.25) is 5.12 Å². The minimum atomic E-state index is -0.556. The molecule has 0 saturated heterocycles. The van der Waals surface area contributed by atoms with E-state index in [1.54, 1.807) is 6.92 Å². The molecule has 0 radical (unpaired) electrons. The van der Waals surface area contributed by atoms with Crippen LogP contribution in [0.3, 0.4) is 0 Å². The molecule has 70 valence electrons. The van der Waals surface area contributed by atoms with Gasteiger partial charge in [-0.2, -0.15) is 0 Å². The Kier molecular flexibility index (Phi) is 3.13. The van der Waals surface area contributed by atoms with E-state index in [-0.39, 0.29) is 22.4 Å². The summed E-state index contributed by atoms with van der Waals surface area (Å²) >= 11 is 0.807. The molecule has 0 aliphatic carbocycles. The van der Waals surface area contributed by atoms with Crippen LogP contribution in [0.15, 0.2) is 22.8 Å². The molecule has 0 unspecified atom stereocenters. The van der Waals surface area contributed by atoms with Gasteiger partial charge in [0.25, 0.3) is 0 Å². The van der Waals surface area contributed by atoms with Crippen molar-refractivity contribution in [1.82, 2.24) is 0 Å². The summed E-state index contributed by atoms with van der Waals surface area (Å²) in [6, 6.07) is 0. The number of thioether (sulfide) groups is 1. The van der Waals surface area contributed by atoms with Crippen LogP contribution in [-0.2, 0) is 14.3 Å². The highest BCUT2D eigenvalue weighted by Crippen LogP contribution is 2.30. The summed E-state index contributed by atoms with van der Waals surface area (Å²) in [4.78, 5) is 21.9. The zero-order valence-electron chi connectivity index (χ0n) is 6.94. The maximum absolute atomic E-state index is 10.9. The molecule has 1 aliphatic heterocycles. The third-order valence-corrected chi connectivity index (χ3v) is 2.12. The molecule has 5 heteroatoms. The molecule has 0 amide bonds. The first kappa shape index (κ1) is 9.85. The van der Waals surface area contributed by atoms with Gasteiger partial charge >= 0.3 is 5.97 Å². The van der Waals surface area contributed by atoms with Crippen molar-refractivity contribution in [2.24, 2.45) is 0 Å². The highest BCUT2D eigenvalue weighted by Gasteiger charge is 2.19. The summed E-state index contributed by atoms with van der Waals surface area (Å²) in [7, 11) is 0. The van der Waals surface area contributed by atoms with Crippen molar-refractivity contribution in [3.05, 3.63) is 22.8 Å². The smallest absolute Gasteiger partial charge is 0.332 e. The van der Waals surface area contributed by atoms with Gasteiger partial charge < -0.3 is 9.84 Å². The van der Waals surface area contributed by atoms with Crippen molar-refractivity contribution in [1.29, 1.82) is 0 Å². The minimum absolute atomic E-state index is 0.178. The number of aliphatic hydroxyl groups is 1. The zero-order valence-corrected chi connectivity index (χ0v) is 7.76. The number of hydrogen-bond acceptors (Lipinski definition) is 5. The van der Waals surface area contributed by atoms with Crippen LogP contribution in [0.2, 0.25) is 0 Å². The average molecular weight is 200 g/mol. The lowest BCUT2D eigenvalue weighted by Gasteiger charge is -1.97. The van der Waals surface area contributed by atoms with Crippen LogP contribution in [-0.4, -0.2) is 22.8 Å². The molecule has 1 heterocycles. The van der Waals surface area contributed by atoms with Crippen molar-refractivity contribution in [2.45, 2.75) is 6.92 Å². The molecule has 0 fully saturated rings. The molecule has 0 aromatic heterocycles. The van der Waals surface area contributed by atoms with E-state index in [2.05, 4.69) is 4.74 Å². The van der Waals surface area contributed by atoms with Gasteiger partial charge in [-0.1, -0.05) is 0 Å². The van der Waals surface area contributed by atoms with E-state index < -0.39 is 5.97 Å². The second-order valence-corrected chi connectivity index (χ2v) is 3.26. The molecule has 1 rings (SSSR count). The predicted octanol–water partition coefficient (Wildman–Crippen LogP) is 1.15. The summed E-state index contributed by atoms with van der Waals surface area (Å²) in [6.07, 6.45) is 2.17. The fourth-order valence-electron chi connectivity index (χ4n) is 0.767. The number of rotatable bonds is 2. The molecule has 1 N–H and O–H groups in total. The largest absolute Gasteiger partial charge is 0.507 e. The molecule has 4 nitrogen and oxygen atoms in total. The normalized spacial score (nSPS) is 19.0. The topological polar surface area (TPSA) is 63.6 Å². The summed E-state index contributed by atoms with van der Waals surface area (Å²) in [6.45, 7) is 1.95. The number of carbonyl (C=O) groups excluding carboxylic acids is 2. The molecule has 0 bridgehead atoms. The molecular formula is C8H8O4S. The van der Waals surface area contributed by atoms with E-state index in [4.69, 9.17) is 5.11 Å². The van der Waals surface area contributed by atoms with Crippen molar-refractivity contribution in [2.75, 3.05) is 6.61 Å². The second-order valence-electron chi connectivity index (χ2n) is 2.21. The molecule has 1 aliphatic rings. The summed E-state index contributed by atoms with van der Waals surface area (Å²) in [5.74, 6) is -0.734. The molecule has 0 aromatic rings. The van der Waals surface area contributed by atoms with Crippen molar-refractivity contribution in [3.8, 4) is 0 Å². The first-order valence-electron chi connectivity index (χ1n) is 3.64. The first-order chi connectivity index (χ1) is 6.13. The molecule has 0 atom stereocenters. The quantitative estimate of drug-likeness (QED) is 0.535. The Bertz CT molecular complexity index is 303. The fourth-order valence-corrected chi connectivity index (χ4v) is 1.47.